The number of rotatable bonds is 12. The highest BCUT2D eigenvalue weighted by molar-refractivity contribution is 4.55. The fourth-order valence-corrected chi connectivity index (χ4v) is 1.99. The summed E-state index contributed by atoms with van der Waals surface area (Å²) in [6.45, 7) is 2.67. The molecule has 0 aliphatic carbocycles. The Morgan fingerprint density at radius 1 is 0.812 bits per heavy atom. The summed E-state index contributed by atoms with van der Waals surface area (Å²) in [5, 5.41) is 9.26. The predicted octanol–water partition coefficient (Wildman–Crippen LogP) is 3.62. The third-order valence-corrected chi connectivity index (χ3v) is 3.16. The van der Waals surface area contributed by atoms with Crippen LogP contribution in [-0.2, 0) is 0 Å². The van der Waals surface area contributed by atoms with E-state index in [1.807, 2.05) is 0 Å². The van der Waals surface area contributed by atoms with Crippen molar-refractivity contribution in [2.45, 2.75) is 83.7 Å². The van der Waals surface area contributed by atoms with Gasteiger partial charge in [-0.3, -0.25) is 0 Å². The van der Waals surface area contributed by atoms with Gasteiger partial charge < -0.3 is 10.8 Å². The number of aliphatic hydroxyl groups is 1. The number of hydrogen-bond donors (Lipinski definition) is 2. The zero-order chi connectivity index (χ0) is 12.1. The van der Waals surface area contributed by atoms with Crippen LogP contribution in [0.15, 0.2) is 0 Å². The van der Waals surface area contributed by atoms with Gasteiger partial charge in [-0.15, -0.1) is 0 Å². The first-order valence-electron chi connectivity index (χ1n) is 7.19. The van der Waals surface area contributed by atoms with Crippen molar-refractivity contribution < 1.29 is 5.11 Å². The molecule has 0 radical (unpaired) electrons. The lowest BCUT2D eigenvalue weighted by Gasteiger charge is -2.06. The van der Waals surface area contributed by atoms with Gasteiger partial charge in [-0.25, -0.2) is 0 Å². The van der Waals surface area contributed by atoms with Gasteiger partial charge in [0.05, 0.1) is 6.10 Å². The van der Waals surface area contributed by atoms with E-state index in [9.17, 15) is 5.11 Å². The smallest absolute Gasteiger partial charge is 0.0662 e. The summed E-state index contributed by atoms with van der Waals surface area (Å²) in [6.07, 6.45) is 14.1. The highest BCUT2D eigenvalue weighted by Gasteiger charge is 1.99. The first-order valence-corrected chi connectivity index (χ1v) is 7.19. The molecule has 1 atom stereocenters. The third-order valence-electron chi connectivity index (χ3n) is 3.16. The maximum absolute atomic E-state index is 9.26. The highest BCUT2D eigenvalue weighted by atomic mass is 16.3. The normalized spacial score (nSPS) is 12.9. The maximum atomic E-state index is 9.26. The molecular weight excluding hydrogens is 198 g/mol. The Morgan fingerprint density at radius 2 is 1.25 bits per heavy atom. The van der Waals surface area contributed by atoms with Crippen molar-refractivity contribution in [3.05, 3.63) is 0 Å². The summed E-state index contributed by atoms with van der Waals surface area (Å²) in [5.74, 6) is 0. The monoisotopic (exact) mass is 229 g/mol. The molecule has 0 aromatic rings. The van der Waals surface area contributed by atoms with Crippen LogP contribution in [0.25, 0.3) is 0 Å². The lowest BCUT2D eigenvalue weighted by molar-refractivity contribution is 0.168. The minimum absolute atomic E-state index is 0.269. The molecule has 0 saturated carbocycles. The topological polar surface area (TPSA) is 46.2 Å². The Morgan fingerprint density at radius 3 is 1.69 bits per heavy atom. The van der Waals surface area contributed by atoms with E-state index >= 15 is 0 Å². The Bertz CT molecular complexity index is 128. The van der Waals surface area contributed by atoms with Crippen molar-refractivity contribution in [2.24, 2.45) is 5.73 Å². The number of unbranched alkanes of at least 4 members (excludes halogenated alkanes) is 9. The molecule has 2 heteroatoms. The number of hydrogen-bond acceptors (Lipinski definition) is 2. The van der Waals surface area contributed by atoms with E-state index < -0.39 is 0 Å². The lowest BCUT2D eigenvalue weighted by atomic mass is 10.0. The van der Waals surface area contributed by atoms with Gasteiger partial charge in [-0.05, 0) is 6.42 Å². The largest absolute Gasteiger partial charge is 0.392 e. The molecule has 2 nitrogen and oxygen atoms in total. The van der Waals surface area contributed by atoms with Crippen LogP contribution in [0, 0.1) is 0 Å². The van der Waals surface area contributed by atoms with Gasteiger partial charge in [0.15, 0.2) is 0 Å². The molecule has 0 heterocycles. The van der Waals surface area contributed by atoms with Crippen LogP contribution < -0.4 is 5.73 Å². The molecule has 0 aliphatic rings. The fraction of sp³-hybridized carbons (Fsp3) is 1.00. The molecule has 0 fully saturated rings. The van der Waals surface area contributed by atoms with Gasteiger partial charge in [0, 0.05) is 6.54 Å². The molecule has 98 valence electrons. The molecule has 3 N–H and O–H groups in total. The van der Waals surface area contributed by atoms with Crippen molar-refractivity contribution in [2.75, 3.05) is 6.54 Å². The van der Waals surface area contributed by atoms with E-state index in [4.69, 9.17) is 5.73 Å². The molecule has 0 aromatic carbocycles. The van der Waals surface area contributed by atoms with Gasteiger partial charge in [0.2, 0.25) is 0 Å². The van der Waals surface area contributed by atoms with Crippen LogP contribution in [0.2, 0.25) is 0 Å². The summed E-state index contributed by atoms with van der Waals surface area (Å²) in [5.41, 5.74) is 5.34. The van der Waals surface area contributed by atoms with Crippen LogP contribution in [-0.4, -0.2) is 17.8 Å². The van der Waals surface area contributed by atoms with E-state index in [1.54, 1.807) is 0 Å². The SMILES string of the molecule is CCCCCCCCCCCC[C@@H](O)CN. The van der Waals surface area contributed by atoms with Crippen LogP contribution in [0.5, 0.6) is 0 Å². The van der Waals surface area contributed by atoms with Gasteiger partial charge in [-0.1, -0.05) is 71.1 Å². The zero-order valence-electron chi connectivity index (χ0n) is 11.1. The van der Waals surface area contributed by atoms with E-state index in [0.29, 0.717) is 6.54 Å². The lowest BCUT2D eigenvalue weighted by Crippen LogP contribution is -2.19. The Hall–Kier alpha value is -0.0800. The Kier molecular flexibility index (Phi) is 12.9. The molecule has 0 aliphatic heterocycles. The van der Waals surface area contributed by atoms with Crippen molar-refractivity contribution in [1.82, 2.24) is 0 Å². The second-order valence-electron chi connectivity index (χ2n) is 4.86. The molecule has 0 unspecified atom stereocenters. The van der Waals surface area contributed by atoms with Crippen LogP contribution >= 0.6 is 0 Å². The first-order chi connectivity index (χ1) is 7.81. The summed E-state index contributed by atoms with van der Waals surface area (Å²) in [7, 11) is 0. The third kappa shape index (κ3) is 12.0. The number of nitrogens with two attached hydrogens (primary N) is 1. The molecular formula is C14H31NO. The molecule has 0 bridgehead atoms. The Labute approximate surface area is 102 Å². The quantitative estimate of drug-likeness (QED) is 0.502. The average Bonchev–Trinajstić information content (AvgIpc) is 2.31. The predicted molar refractivity (Wildman–Crippen MR) is 71.5 cm³/mol. The molecule has 0 rings (SSSR count). The van der Waals surface area contributed by atoms with Gasteiger partial charge in [-0.2, -0.15) is 0 Å². The standard InChI is InChI=1S/C14H31NO/c1-2-3-4-5-6-7-8-9-10-11-12-14(16)13-15/h14,16H,2-13,15H2,1H3/t14-/m1/s1. The maximum Gasteiger partial charge on any atom is 0.0662 e. The minimum atomic E-state index is -0.269. The van der Waals surface area contributed by atoms with E-state index in [-0.39, 0.29) is 6.10 Å². The Balaban J connectivity index is 2.93. The van der Waals surface area contributed by atoms with Crippen molar-refractivity contribution >= 4 is 0 Å². The van der Waals surface area contributed by atoms with Crippen LogP contribution in [0.3, 0.4) is 0 Å². The summed E-state index contributed by atoms with van der Waals surface area (Å²) >= 11 is 0. The second-order valence-corrected chi connectivity index (χ2v) is 4.86. The second kappa shape index (κ2) is 13.0. The van der Waals surface area contributed by atoms with Gasteiger partial charge in [0.1, 0.15) is 0 Å². The highest BCUT2D eigenvalue weighted by Crippen LogP contribution is 2.11. The van der Waals surface area contributed by atoms with Gasteiger partial charge >= 0.3 is 0 Å². The summed E-state index contributed by atoms with van der Waals surface area (Å²) < 4.78 is 0. The molecule has 16 heavy (non-hydrogen) atoms. The summed E-state index contributed by atoms with van der Waals surface area (Å²) in [6, 6.07) is 0. The van der Waals surface area contributed by atoms with Gasteiger partial charge in [0.25, 0.3) is 0 Å². The average molecular weight is 229 g/mol. The van der Waals surface area contributed by atoms with Crippen molar-refractivity contribution in [3.8, 4) is 0 Å². The summed E-state index contributed by atoms with van der Waals surface area (Å²) in [4.78, 5) is 0. The molecule has 0 aromatic heterocycles. The number of aliphatic hydroxyl groups excluding tert-OH is 1. The molecule has 0 saturated heterocycles. The van der Waals surface area contributed by atoms with Crippen LogP contribution in [0.1, 0.15) is 77.6 Å². The molecule has 0 amide bonds. The van der Waals surface area contributed by atoms with E-state index in [2.05, 4.69) is 6.92 Å². The fourth-order valence-electron chi connectivity index (χ4n) is 1.99. The van der Waals surface area contributed by atoms with E-state index in [1.165, 1.54) is 57.8 Å². The van der Waals surface area contributed by atoms with Crippen molar-refractivity contribution in [1.29, 1.82) is 0 Å². The zero-order valence-corrected chi connectivity index (χ0v) is 11.1. The van der Waals surface area contributed by atoms with E-state index in [0.717, 1.165) is 12.8 Å². The van der Waals surface area contributed by atoms with Crippen molar-refractivity contribution in [3.63, 3.8) is 0 Å². The molecule has 0 spiro atoms. The minimum Gasteiger partial charge on any atom is -0.392 e. The van der Waals surface area contributed by atoms with Crippen LogP contribution in [0.4, 0.5) is 0 Å². The first kappa shape index (κ1) is 15.9.